The van der Waals surface area contributed by atoms with E-state index in [-0.39, 0.29) is 29.2 Å². The van der Waals surface area contributed by atoms with Gasteiger partial charge in [0.2, 0.25) is 11.9 Å². The summed E-state index contributed by atoms with van der Waals surface area (Å²) in [4.78, 5) is 39.6. The lowest BCUT2D eigenvalue weighted by atomic mass is 10.0. The summed E-state index contributed by atoms with van der Waals surface area (Å²) in [6.07, 6.45) is -0.0733. The monoisotopic (exact) mass is 624 g/mol. The lowest BCUT2D eigenvalue weighted by Gasteiger charge is -2.20. The standard InChI is InChI=1S/C29H27F3N8O3S/c1-3-4-20-7-5-18(2)13-23(20)40-25(41)16-44-28(40)37-27(42)36-24-12-6-19(14-33-24)15-34-26-35-17-39(38-26)21-8-10-22(11-9-21)43-29(30,31)32/h5-14,17H,3-4,15-16H2,1-2H3,(H,34,38)(H,33,36,42)/b37-28-. The first-order valence-corrected chi connectivity index (χ1v) is 14.5. The Labute approximate surface area is 254 Å². The van der Waals surface area contributed by atoms with Gasteiger partial charge in [0.05, 0.1) is 17.1 Å². The number of hydrogen-bond acceptors (Lipinski definition) is 8. The van der Waals surface area contributed by atoms with Crippen molar-refractivity contribution in [2.24, 2.45) is 4.99 Å². The van der Waals surface area contributed by atoms with E-state index in [1.54, 1.807) is 18.3 Å². The van der Waals surface area contributed by atoms with Crippen molar-refractivity contribution in [2.45, 2.75) is 39.6 Å². The van der Waals surface area contributed by atoms with Gasteiger partial charge in [0, 0.05) is 12.7 Å². The maximum atomic E-state index is 12.7. The number of ether oxygens (including phenoxy) is 1. The SMILES string of the molecule is CCCc1ccc(C)cc1N1C(=O)CS/C1=N\C(=O)Nc1ccc(CNc2ncn(-c3ccc(OC(F)(F)F)cc3)n2)cn1. The summed E-state index contributed by atoms with van der Waals surface area (Å²) >= 11 is 1.21. The van der Waals surface area contributed by atoms with Crippen molar-refractivity contribution in [1.29, 1.82) is 0 Å². The minimum Gasteiger partial charge on any atom is -0.406 e. The van der Waals surface area contributed by atoms with Crippen molar-refractivity contribution in [2.75, 3.05) is 21.3 Å². The van der Waals surface area contributed by atoms with Crippen LogP contribution in [0.4, 0.5) is 35.4 Å². The second-order valence-electron chi connectivity index (χ2n) is 9.68. The van der Waals surface area contributed by atoms with Crippen LogP contribution in [0.1, 0.15) is 30.0 Å². The Morgan fingerprint density at radius 1 is 1.11 bits per heavy atom. The summed E-state index contributed by atoms with van der Waals surface area (Å²) in [6.45, 7) is 4.33. The van der Waals surface area contributed by atoms with Gasteiger partial charge in [-0.3, -0.25) is 15.0 Å². The third-order valence-electron chi connectivity index (χ3n) is 6.30. The molecule has 3 amide bonds. The third kappa shape index (κ3) is 7.72. The fourth-order valence-corrected chi connectivity index (χ4v) is 5.18. The number of carbonyl (C=O) groups is 2. The number of amidine groups is 1. The Morgan fingerprint density at radius 3 is 2.61 bits per heavy atom. The number of anilines is 3. The van der Waals surface area contributed by atoms with Crippen LogP contribution in [0, 0.1) is 6.92 Å². The number of alkyl halides is 3. The highest BCUT2D eigenvalue weighted by Crippen LogP contribution is 2.31. The van der Waals surface area contributed by atoms with E-state index < -0.39 is 12.4 Å². The van der Waals surface area contributed by atoms with Crippen LogP contribution in [0.15, 0.2) is 72.1 Å². The largest absolute Gasteiger partial charge is 0.573 e. The number of pyridine rings is 1. The fraction of sp³-hybridized carbons (Fsp3) is 0.241. The van der Waals surface area contributed by atoms with Gasteiger partial charge in [-0.05, 0) is 66.4 Å². The zero-order chi connectivity index (χ0) is 31.3. The van der Waals surface area contributed by atoms with E-state index in [4.69, 9.17) is 0 Å². The molecule has 0 unspecified atom stereocenters. The molecule has 2 aromatic carbocycles. The second-order valence-corrected chi connectivity index (χ2v) is 10.6. The summed E-state index contributed by atoms with van der Waals surface area (Å²) in [7, 11) is 0. The number of nitrogens with zero attached hydrogens (tertiary/aromatic N) is 6. The van der Waals surface area contributed by atoms with Crippen LogP contribution in [-0.4, -0.2) is 49.0 Å². The molecule has 3 heterocycles. The quantitative estimate of drug-likeness (QED) is 0.229. The Balaban J connectivity index is 1.17. The Hall–Kier alpha value is -4.92. The number of nitrogens with one attached hydrogen (secondary N) is 2. The molecule has 0 radical (unpaired) electrons. The van der Waals surface area contributed by atoms with Crippen molar-refractivity contribution in [3.8, 4) is 11.4 Å². The molecular weight excluding hydrogens is 597 g/mol. The number of amides is 3. The average Bonchev–Trinajstić information content (AvgIpc) is 3.60. The number of benzene rings is 2. The lowest BCUT2D eigenvalue weighted by molar-refractivity contribution is -0.274. The molecule has 1 aliphatic heterocycles. The minimum atomic E-state index is -4.77. The number of hydrogen-bond donors (Lipinski definition) is 2. The third-order valence-corrected chi connectivity index (χ3v) is 7.22. The molecule has 5 rings (SSSR count). The van der Waals surface area contributed by atoms with Crippen molar-refractivity contribution in [3.63, 3.8) is 0 Å². The Kier molecular flexibility index (Phi) is 9.13. The molecule has 1 fully saturated rings. The van der Waals surface area contributed by atoms with Gasteiger partial charge >= 0.3 is 12.4 Å². The molecule has 0 bridgehead atoms. The molecule has 2 aromatic heterocycles. The summed E-state index contributed by atoms with van der Waals surface area (Å²) in [5.74, 6) is 0.301. The van der Waals surface area contributed by atoms with Crippen LogP contribution in [0.25, 0.3) is 5.69 Å². The highest BCUT2D eigenvalue weighted by atomic mass is 32.2. The number of thioether (sulfide) groups is 1. The highest BCUT2D eigenvalue weighted by Gasteiger charge is 2.32. The van der Waals surface area contributed by atoms with Gasteiger partial charge in [-0.2, -0.15) is 4.99 Å². The fourth-order valence-electron chi connectivity index (χ4n) is 4.32. The van der Waals surface area contributed by atoms with Crippen molar-refractivity contribution >= 4 is 46.3 Å². The Morgan fingerprint density at radius 2 is 1.91 bits per heavy atom. The number of aromatic nitrogens is 4. The number of halogens is 3. The summed E-state index contributed by atoms with van der Waals surface area (Å²) < 4.78 is 42.4. The number of rotatable bonds is 9. The van der Waals surface area contributed by atoms with Crippen molar-refractivity contribution in [3.05, 3.63) is 83.8 Å². The Bertz CT molecular complexity index is 1670. The average molecular weight is 625 g/mol. The van der Waals surface area contributed by atoms with E-state index in [0.717, 1.165) is 35.2 Å². The number of urea groups is 1. The zero-order valence-corrected chi connectivity index (χ0v) is 24.4. The number of aliphatic imine (C=N–C) groups is 1. The predicted octanol–water partition coefficient (Wildman–Crippen LogP) is 6.10. The predicted molar refractivity (Wildman–Crippen MR) is 161 cm³/mol. The van der Waals surface area contributed by atoms with E-state index in [1.807, 2.05) is 25.1 Å². The van der Waals surface area contributed by atoms with Crippen LogP contribution in [-0.2, 0) is 17.8 Å². The first kappa shape index (κ1) is 30.5. The molecule has 0 spiro atoms. The second kappa shape index (κ2) is 13.2. The minimum absolute atomic E-state index is 0.132. The molecule has 44 heavy (non-hydrogen) atoms. The van der Waals surface area contributed by atoms with E-state index >= 15 is 0 Å². The summed E-state index contributed by atoms with van der Waals surface area (Å²) in [5, 5.41) is 10.3. The van der Waals surface area contributed by atoms with Crippen LogP contribution in [0.2, 0.25) is 0 Å². The molecule has 11 nitrogen and oxygen atoms in total. The smallest absolute Gasteiger partial charge is 0.406 e. The van der Waals surface area contributed by atoms with E-state index in [2.05, 4.69) is 42.4 Å². The van der Waals surface area contributed by atoms with Crippen molar-refractivity contribution in [1.82, 2.24) is 19.7 Å². The topological polar surface area (TPSA) is 127 Å². The van der Waals surface area contributed by atoms with Crippen molar-refractivity contribution < 1.29 is 27.5 Å². The summed E-state index contributed by atoms with van der Waals surface area (Å²) in [6, 6.07) is 13.9. The molecule has 228 valence electrons. The molecule has 0 atom stereocenters. The van der Waals surface area contributed by atoms with E-state index in [9.17, 15) is 22.8 Å². The van der Waals surface area contributed by atoms with Gasteiger partial charge in [-0.1, -0.05) is 43.3 Å². The van der Waals surface area contributed by atoms with E-state index in [0.29, 0.717) is 17.4 Å². The van der Waals surface area contributed by atoms with Gasteiger partial charge in [0.25, 0.3) is 0 Å². The van der Waals surface area contributed by atoms with Crippen LogP contribution >= 0.6 is 11.8 Å². The first-order chi connectivity index (χ1) is 21.1. The maximum absolute atomic E-state index is 12.7. The van der Waals surface area contributed by atoms with Gasteiger partial charge in [0.1, 0.15) is 17.9 Å². The van der Waals surface area contributed by atoms with Gasteiger partial charge in [-0.15, -0.1) is 18.3 Å². The number of aryl methyl sites for hydroxylation is 2. The molecule has 4 aromatic rings. The lowest BCUT2D eigenvalue weighted by Crippen LogP contribution is -2.31. The van der Waals surface area contributed by atoms with Gasteiger partial charge in [0.15, 0.2) is 5.17 Å². The van der Waals surface area contributed by atoms with Crippen LogP contribution in [0.3, 0.4) is 0 Å². The molecule has 1 saturated heterocycles. The zero-order valence-electron chi connectivity index (χ0n) is 23.6. The number of carbonyl (C=O) groups excluding carboxylic acids is 2. The van der Waals surface area contributed by atoms with Gasteiger partial charge in [-0.25, -0.2) is 19.4 Å². The van der Waals surface area contributed by atoms with Crippen LogP contribution in [0.5, 0.6) is 5.75 Å². The summed E-state index contributed by atoms with van der Waals surface area (Å²) in [5.41, 5.74) is 4.03. The molecule has 0 saturated carbocycles. The van der Waals surface area contributed by atoms with Crippen LogP contribution < -0.4 is 20.3 Å². The molecule has 0 aliphatic carbocycles. The molecular formula is C29H27F3N8O3S. The highest BCUT2D eigenvalue weighted by molar-refractivity contribution is 8.15. The van der Waals surface area contributed by atoms with E-state index in [1.165, 1.54) is 51.9 Å². The normalized spacial score (nSPS) is 14.2. The molecule has 1 aliphatic rings. The first-order valence-electron chi connectivity index (χ1n) is 13.5. The van der Waals surface area contributed by atoms with Gasteiger partial charge < -0.3 is 10.1 Å². The molecule has 2 N–H and O–H groups in total. The maximum Gasteiger partial charge on any atom is 0.573 e. The molecule has 15 heteroatoms.